The van der Waals surface area contributed by atoms with E-state index in [-0.39, 0.29) is 5.56 Å². The topological polar surface area (TPSA) is 35.5 Å². The van der Waals surface area contributed by atoms with Crippen LogP contribution >= 0.6 is 0 Å². The molecule has 0 aromatic heterocycles. The van der Waals surface area contributed by atoms with E-state index in [9.17, 15) is 9.18 Å². The molecule has 16 heavy (non-hydrogen) atoms. The highest BCUT2D eigenvalue weighted by Gasteiger charge is 2.13. The summed E-state index contributed by atoms with van der Waals surface area (Å²) in [6.07, 6.45) is 0. The summed E-state index contributed by atoms with van der Waals surface area (Å²) >= 11 is 0. The van der Waals surface area contributed by atoms with E-state index >= 15 is 0 Å². The number of carbonyl (C=O) groups excluding carboxylic acids is 1. The van der Waals surface area contributed by atoms with Crippen molar-refractivity contribution in [3.63, 3.8) is 0 Å². The van der Waals surface area contributed by atoms with Crippen molar-refractivity contribution in [1.29, 1.82) is 0 Å². The van der Waals surface area contributed by atoms with Crippen molar-refractivity contribution < 1.29 is 18.7 Å². The molecule has 0 N–H and O–H groups in total. The Kier molecular flexibility index (Phi) is 4.28. The summed E-state index contributed by atoms with van der Waals surface area (Å²) in [6.45, 7) is 4.53. The molecular formula is C12H15FO3. The maximum Gasteiger partial charge on any atom is 0.340 e. The van der Waals surface area contributed by atoms with Gasteiger partial charge in [0, 0.05) is 0 Å². The number of hydrogen-bond donors (Lipinski definition) is 0. The molecule has 1 aromatic rings. The summed E-state index contributed by atoms with van der Waals surface area (Å²) in [4.78, 5) is 11.2. The van der Waals surface area contributed by atoms with E-state index in [0.717, 1.165) is 0 Å². The zero-order valence-electron chi connectivity index (χ0n) is 9.62. The van der Waals surface area contributed by atoms with Gasteiger partial charge in [-0.05, 0) is 24.1 Å². The van der Waals surface area contributed by atoms with Gasteiger partial charge in [0.1, 0.15) is 11.6 Å². The van der Waals surface area contributed by atoms with E-state index in [0.29, 0.717) is 18.3 Å². The summed E-state index contributed by atoms with van der Waals surface area (Å²) < 4.78 is 23.1. The first-order valence-corrected chi connectivity index (χ1v) is 5.05. The van der Waals surface area contributed by atoms with Gasteiger partial charge in [-0.15, -0.1) is 0 Å². The molecule has 0 aliphatic rings. The van der Waals surface area contributed by atoms with Crippen molar-refractivity contribution in [2.24, 2.45) is 5.92 Å². The summed E-state index contributed by atoms with van der Waals surface area (Å²) in [5, 5.41) is 0. The lowest BCUT2D eigenvalue weighted by Gasteiger charge is -2.09. The maximum absolute atomic E-state index is 13.2. The molecule has 88 valence electrons. The van der Waals surface area contributed by atoms with Crippen LogP contribution in [-0.4, -0.2) is 19.7 Å². The minimum Gasteiger partial charge on any atom is -0.493 e. The first-order valence-electron chi connectivity index (χ1n) is 5.05. The minimum atomic E-state index is -0.701. The predicted molar refractivity (Wildman–Crippen MR) is 58.1 cm³/mol. The monoisotopic (exact) mass is 226 g/mol. The van der Waals surface area contributed by atoms with E-state index in [1.807, 2.05) is 13.8 Å². The summed E-state index contributed by atoms with van der Waals surface area (Å²) in [7, 11) is 1.21. The van der Waals surface area contributed by atoms with Crippen LogP contribution in [0.4, 0.5) is 4.39 Å². The van der Waals surface area contributed by atoms with Gasteiger partial charge in [-0.25, -0.2) is 9.18 Å². The molecule has 3 nitrogen and oxygen atoms in total. The Labute approximate surface area is 94.2 Å². The van der Waals surface area contributed by atoms with Crippen LogP contribution in [0.3, 0.4) is 0 Å². The fourth-order valence-electron chi connectivity index (χ4n) is 1.12. The summed E-state index contributed by atoms with van der Waals surface area (Å²) in [5.74, 6) is -0.474. The lowest BCUT2D eigenvalue weighted by atomic mass is 10.2. The molecular weight excluding hydrogens is 211 g/mol. The Bertz CT molecular complexity index is 375. The Morgan fingerprint density at radius 3 is 2.69 bits per heavy atom. The number of esters is 1. The average Bonchev–Trinajstić information content (AvgIpc) is 2.27. The second-order valence-electron chi connectivity index (χ2n) is 3.84. The van der Waals surface area contributed by atoms with Crippen LogP contribution < -0.4 is 4.74 Å². The third-order valence-corrected chi connectivity index (χ3v) is 1.93. The molecule has 0 heterocycles. The first-order chi connectivity index (χ1) is 7.54. The molecule has 0 amide bonds. The number of methoxy groups -OCH3 is 1. The van der Waals surface area contributed by atoms with Crippen molar-refractivity contribution >= 4 is 5.97 Å². The second-order valence-corrected chi connectivity index (χ2v) is 3.84. The van der Waals surface area contributed by atoms with Gasteiger partial charge in [-0.2, -0.15) is 0 Å². The molecule has 0 saturated heterocycles. The Morgan fingerprint density at radius 1 is 1.44 bits per heavy atom. The summed E-state index contributed by atoms with van der Waals surface area (Å²) in [5.41, 5.74) is -0.108. The number of ether oxygens (including phenoxy) is 2. The zero-order valence-corrected chi connectivity index (χ0v) is 9.62. The molecule has 0 aliphatic carbocycles. The largest absolute Gasteiger partial charge is 0.493 e. The molecule has 0 bridgehead atoms. The van der Waals surface area contributed by atoms with Crippen molar-refractivity contribution in [2.45, 2.75) is 13.8 Å². The van der Waals surface area contributed by atoms with E-state index in [4.69, 9.17) is 4.74 Å². The number of rotatable bonds is 4. The molecule has 0 fully saturated rings. The zero-order chi connectivity index (χ0) is 12.1. The van der Waals surface area contributed by atoms with Gasteiger partial charge in [-0.1, -0.05) is 13.8 Å². The van der Waals surface area contributed by atoms with Gasteiger partial charge in [-0.3, -0.25) is 0 Å². The molecule has 0 radical (unpaired) electrons. The van der Waals surface area contributed by atoms with Gasteiger partial charge in [0.05, 0.1) is 19.3 Å². The molecule has 1 aromatic carbocycles. The highest BCUT2D eigenvalue weighted by molar-refractivity contribution is 5.90. The number of benzene rings is 1. The smallest absolute Gasteiger partial charge is 0.340 e. The van der Waals surface area contributed by atoms with Crippen molar-refractivity contribution in [2.75, 3.05) is 13.7 Å². The van der Waals surface area contributed by atoms with Gasteiger partial charge in [0.25, 0.3) is 0 Å². The molecule has 1 rings (SSSR count). The van der Waals surface area contributed by atoms with Crippen molar-refractivity contribution in [3.8, 4) is 5.75 Å². The van der Waals surface area contributed by atoms with Gasteiger partial charge < -0.3 is 9.47 Å². The van der Waals surface area contributed by atoms with E-state index in [1.54, 1.807) is 0 Å². The Morgan fingerprint density at radius 2 is 2.12 bits per heavy atom. The molecule has 0 atom stereocenters. The lowest BCUT2D eigenvalue weighted by molar-refractivity contribution is 0.0595. The second kappa shape index (κ2) is 5.49. The Balaban J connectivity index is 2.85. The van der Waals surface area contributed by atoms with Gasteiger partial charge >= 0.3 is 5.97 Å². The first kappa shape index (κ1) is 12.5. The van der Waals surface area contributed by atoms with Crippen LogP contribution in [0, 0.1) is 11.7 Å². The molecule has 4 heteroatoms. The standard InChI is InChI=1S/C12H15FO3/c1-8(2)7-16-9-4-5-11(13)10(6-9)12(14)15-3/h4-6,8H,7H2,1-3H3. The normalized spacial score (nSPS) is 10.3. The van der Waals surface area contributed by atoms with E-state index < -0.39 is 11.8 Å². The molecule has 0 aliphatic heterocycles. The van der Waals surface area contributed by atoms with Crippen LogP contribution in [0.2, 0.25) is 0 Å². The highest BCUT2D eigenvalue weighted by atomic mass is 19.1. The van der Waals surface area contributed by atoms with Crippen LogP contribution in [0.1, 0.15) is 24.2 Å². The van der Waals surface area contributed by atoms with Crippen molar-refractivity contribution in [1.82, 2.24) is 0 Å². The van der Waals surface area contributed by atoms with Crippen LogP contribution in [0.5, 0.6) is 5.75 Å². The number of carbonyl (C=O) groups is 1. The van der Waals surface area contributed by atoms with Gasteiger partial charge in [0.2, 0.25) is 0 Å². The molecule has 0 spiro atoms. The van der Waals surface area contributed by atoms with E-state index in [1.165, 1.54) is 25.3 Å². The fraction of sp³-hybridized carbons (Fsp3) is 0.417. The molecule has 0 unspecified atom stereocenters. The third kappa shape index (κ3) is 3.22. The summed E-state index contributed by atoms with van der Waals surface area (Å²) in [6, 6.07) is 4.04. The fourth-order valence-corrected chi connectivity index (χ4v) is 1.12. The number of halogens is 1. The van der Waals surface area contributed by atoms with E-state index in [2.05, 4.69) is 4.74 Å². The van der Waals surface area contributed by atoms with Crippen molar-refractivity contribution in [3.05, 3.63) is 29.6 Å². The number of hydrogen-bond acceptors (Lipinski definition) is 3. The third-order valence-electron chi connectivity index (χ3n) is 1.93. The molecule has 0 saturated carbocycles. The van der Waals surface area contributed by atoms with Crippen LogP contribution in [-0.2, 0) is 4.74 Å². The predicted octanol–water partition coefficient (Wildman–Crippen LogP) is 2.65. The Hall–Kier alpha value is -1.58. The quantitative estimate of drug-likeness (QED) is 0.740. The van der Waals surface area contributed by atoms with Gasteiger partial charge in [0.15, 0.2) is 0 Å². The minimum absolute atomic E-state index is 0.108. The lowest BCUT2D eigenvalue weighted by Crippen LogP contribution is -2.07. The maximum atomic E-state index is 13.2. The average molecular weight is 226 g/mol. The van der Waals surface area contributed by atoms with Crippen LogP contribution in [0.15, 0.2) is 18.2 Å². The highest BCUT2D eigenvalue weighted by Crippen LogP contribution is 2.18. The SMILES string of the molecule is COC(=O)c1cc(OCC(C)C)ccc1F. The van der Waals surface area contributed by atoms with Crippen LogP contribution in [0.25, 0.3) is 0 Å².